The van der Waals surface area contributed by atoms with E-state index in [4.69, 9.17) is 0 Å². The van der Waals surface area contributed by atoms with Gasteiger partial charge in [-0.25, -0.2) is 0 Å². The lowest BCUT2D eigenvalue weighted by Crippen LogP contribution is -1.95. The molecular formula is C12H12OS. The molecule has 0 aliphatic rings. The van der Waals surface area contributed by atoms with Gasteiger partial charge in [-0.2, -0.15) is 0 Å². The molecule has 0 saturated heterocycles. The number of hydrogen-bond acceptors (Lipinski definition) is 2. The smallest absolute Gasteiger partial charge is 0.134 e. The third-order valence-corrected chi connectivity index (χ3v) is 2.50. The van der Waals surface area contributed by atoms with Crippen LogP contribution in [0.2, 0.25) is 0 Å². The highest BCUT2D eigenvalue weighted by Gasteiger charge is 1.93. The molecule has 0 aliphatic heterocycles. The summed E-state index contributed by atoms with van der Waals surface area (Å²) in [6.45, 7) is 5.50. The fourth-order valence-electron chi connectivity index (χ4n) is 0.921. The van der Waals surface area contributed by atoms with Crippen molar-refractivity contribution in [3.05, 3.63) is 40.6 Å². The first-order chi connectivity index (χ1) is 6.72. The number of aliphatic hydroxyl groups excluding tert-OH is 1. The van der Waals surface area contributed by atoms with Crippen molar-refractivity contribution >= 4 is 17.4 Å². The van der Waals surface area contributed by atoms with E-state index in [2.05, 4.69) is 25.3 Å². The van der Waals surface area contributed by atoms with Crippen LogP contribution in [0, 0.1) is 18.8 Å². The Bertz CT molecular complexity index is 390. The van der Waals surface area contributed by atoms with Gasteiger partial charge >= 0.3 is 0 Å². The summed E-state index contributed by atoms with van der Waals surface area (Å²) >= 11 is 1.69. The van der Waals surface area contributed by atoms with Crippen LogP contribution in [0.3, 0.4) is 0 Å². The third kappa shape index (κ3) is 3.61. The van der Waals surface area contributed by atoms with Crippen LogP contribution >= 0.6 is 11.3 Å². The number of hydrogen-bond donors (Lipinski definition) is 1. The summed E-state index contributed by atoms with van der Waals surface area (Å²) in [6.07, 6.45) is 4.30. The van der Waals surface area contributed by atoms with Crippen molar-refractivity contribution in [3.8, 4) is 11.8 Å². The molecule has 1 nitrogen and oxygen atoms in total. The van der Waals surface area contributed by atoms with Gasteiger partial charge in [0.15, 0.2) is 0 Å². The molecule has 0 radical (unpaired) electrons. The van der Waals surface area contributed by atoms with E-state index >= 15 is 0 Å². The van der Waals surface area contributed by atoms with Crippen LogP contribution in [0.5, 0.6) is 0 Å². The molecule has 1 unspecified atom stereocenters. The molecule has 0 saturated carbocycles. The highest BCUT2D eigenvalue weighted by atomic mass is 32.1. The minimum Gasteiger partial charge on any atom is -0.377 e. The summed E-state index contributed by atoms with van der Waals surface area (Å²) in [7, 11) is 0. The van der Waals surface area contributed by atoms with E-state index in [9.17, 15) is 5.11 Å². The first kappa shape index (κ1) is 10.8. The molecule has 1 heterocycles. The second-order valence-electron chi connectivity index (χ2n) is 2.75. The standard InChI is InChI=1S/C12H12OS/c1-3-4-5-11(13)7-9-12-8-6-10(2)14-12/h3,6-9,11,13H,1H2,2H3. The van der Waals surface area contributed by atoms with Gasteiger partial charge in [-0.1, -0.05) is 18.4 Å². The average molecular weight is 204 g/mol. The second kappa shape index (κ2) is 5.43. The zero-order chi connectivity index (χ0) is 10.4. The Hall–Kier alpha value is -1.30. The van der Waals surface area contributed by atoms with Gasteiger partial charge in [0.25, 0.3) is 0 Å². The number of aryl methyl sites for hydroxylation is 1. The normalized spacial score (nSPS) is 12.1. The molecule has 0 spiro atoms. The molecule has 2 heteroatoms. The molecule has 1 rings (SSSR count). The van der Waals surface area contributed by atoms with Gasteiger partial charge in [0.1, 0.15) is 6.10 Å². The van der Waals surface area contributed by atoms with Crippen LogP contribution < -0.4 is 0 Å². The van der Waals surface area contributed by atoms with Crippen LogP contribution in [0.25, 0.3) is 6.08 Å². The minimum atomic E-state index is -0.713. The van der Waals surface area contributed by atoms with Crippen molar-refractivity contribution in [2.24, 2.45) is 0 Å². The summed E-state index contributed by atoms with van der Waals surface area (Å²) in [6, 6.07) is 4.07. The van der Waals surface area contributed by atoms with E-state index in [1.165, 1.54) is 11.0 Å². The van der Waals surface area contributed by atoms with E-state index in [1.54, 1.807) is 17.4 Å². The summed E-state index contributed by atoms with van der Waals surface area (Å²) in [4.78, 5) is 2.39. The lowest BCUT2D eigenvalue weighted by Gasteiger charge is -1.91. The fourth-order valence-corrected chi connectivity index (χ4v) is 1.71. The predicted octanol–water partition coefficient (Wildman–Crippen LogP) is 2.62. The van der Waals surface area contributed by atoms with Gasteiger partial charge in [-0.05, 0) is 37.3 Å². The van der Waals surface area contributed by atoms with Crippen LogP contribution in [-0.4, -0.2) is 11.2 Å². The summed E-state index contributed by atoms with van der Waals surface area (Å²) in [5.74, 6) is 5.22. The van der Waals surface area contributed by atoms with Gasteiger partial charge in [0, 0.05) is 9.75 Å². The SMILES string of the molecule is C=CC#CC(O)C=Cc1ccc(C)s1. The Balaban J connectivity index is 2.59. The van der Waals surface area contributed by atoms with Crippen molar-refractivity contribution in [1.82, 2.24) is 0 Å². The number of aliphatic hydroxyl groups is 1. The van der Waals surface area contributed by atoms with E-state index in [0.29, 0.717) is 0 Å². The predicted molar refractivity (Wildman–Crippen MR) is 62.1 cm³/mol. The summed E-state index contributed by atoms with van der Waals surface area (Å²) in [5.41, 5.74) is 0. The molecule has 1 aromatic heterocycles. The molecule has 72 valence electrons. The molecule has 14 heavy (non-hydrogen) atoms. The second-order valence-corrected chi connectivity index (χ2v) is 4.06. The Labute approximate surface area is 88.4 Å². The highest BCUT2D eigenvalue weighted by Crippen LogP contribution is 2.16. The van der Waals surface area contributed by atoms with E-state index in [0.717, 1.165) is 4.88 Å². The summed E-state index contributed by atoms with van der Waals surface area (Å²) in [5, 5.41) is 9.34. The largest absolute Gasteiger partial charge is 0.377 e. The Morgan fingerprint density at radius 3 is 2.93 bits per heavy atom. The lowest BCUT2D eigenvalue weighted by atomic mass is 10.3. The highest BCUT2D eigenvalue weighted by molar-refractivity contribution is 7.12. The zero-order valence-electron chi connectivity index (χ0n) is 8.03. The summed E-state index contributed by atoms with van der Waals surface area (Å²) < 4.78 is 0. The molecule has 0 aromatic carbocycles. The Morgan fingerprint density at radius 1 is 1.57 bits per heavy atom. The molecular weight excluding hydrogens is 192 g/mol. The van der Waals surface area contributed by atoms with Gasteiger partial charge in [-0.15, -0.1) is 11.3 Å². The fraction of sp³-hybridized carbons (Fsp3) is 0.167. The lowest BCUT2D eigenvalue weighted by molar-refractivity contribution is 0.281. The minimum absolute atomic E-state index is 0.713. The number of rotatable bonds is 2. The van der Waals surface area contributed by atoms with E-state index < -0.39 is 6.10 Å². The van der Waals surface area contributed by atoms with Gasteiger partial charge in [0.2, 0.25) is 0 Å². The van der Waals surface area contributed by atoms with E-state index in [1.807, 2.05) is 18.2 Å². The quantitative estimate of drug-likeness (QED) is 0.734. The van der Waals surface area contributed by atoms with Crippen molar-refractivity contribution in [2.45, 2.75) is 13.0 Å². The van der Waals surface area contributed by atoms with Crippen molar-refractivity contribution < 1.29 is 5.11 Å². The van der Waals surface area contributed by atoms with E-state index in [-0.39, 0.29) is 0 Å². The monoisotopic (exact) mass is 204 g/mol. The zero-order valence-corrected chi connectivity index (χ0v) is 8.84. The first-order valence-corrected chi connectivity index (χ1v) is 5.08. The number of thiophene rings is 1. The maximum absolute atomic E-state index is 9.34. The van der Waals surface area contributed by atoms with Crippen LogP contribution in [0.15, 0.2) is 30.9 Å². The maximum atomic E-state index is 9.34. The van der Waals surface area contributed by atoms with Crippen molar-refractivity contribution in [1.29, 1.82) is 0 Å². The molecule has 1 atom stereocenters. The molecule has 0 bridgehead atoms. The first-order valence-electron chi connectivity index (χ1n) is 4.27. The Morgan fingerprint density at radius 2 is 2.36 bits per heavy atom. The third-order valence-electron chi connectivity index (χ3n) is 1.54. The molecule has 1 N–H and O–H groups in total. The molecule has 0 amide bonds. The number of allylic oxidation sites excluding steroid dienone is 1. The van der Waals surface area contributed by atoms with Gasteiger partial charge in [-0.3, -0.25) is 0 Å². The van der Waals surface area contributed by atoms with Crippen molar-refractivity contribution in [2.75, 3.05) is 0 Å². The Kier molecular flexibility index (Phi) is 4.18. The molecule has 1 aromatic rings. The van der Waals surface area contributed by atoms with Gasteiger partial charge in [0.05, 0.1) is 0 Å². The van der Waals surface area contributed by atoms with Crippen LogP contribution in [0.1, 0.15) is 9.75 Å². The van der Waals surface area contributed by atoms with Crippen LogP contribution in [-0.2, 0) is 0 Å². The topological polar surface area (TPSA) is 20.2 Å². The van der Waals surface area contributed by atoms with Crippen molar-refractivity contribution in [3.63, 3.8) is 0 Å². The molecule has 0 fully saturated rings. The average Bonchev–Trinajstić information content (AvgIpc) is 2.58. The molecule has 0 aliphatic carbocycles. The maximum Gasteiger partial charge on any atom is 0.134 e. The van der Waals surface area contributed by atoms with Crippen LogP contribution in [0.4, 0.5) is 0 Å². The van der Waals surface area contributed by atoms with Gasteiger partial charge < -0.3 is 5.11 Å².